The third kappa shape index (κ3) is 2.92. The molecule has 2 heterocycles. The fourth-order valence-corrected chi connectivity index (χ4v) is 3.59. The summed E-state index contributed by atoms with van der Waals surface area (Å²) < 4.78 is 0. The first-order chi connectivity index (χ1) is 10.5. The van der Waals surface area contributed by atoms with E-state index >= 15 is 0 Å². The van der Waals surface area contributed by atoms with Crippen molar-refractivity contribution in [3.8, 4) is 10.4 Å². The van der Waals surface area contributed by atoms with Crippen LogP contribution in [-0.2, 0) is 4.79 Å². The number of carbonyl (C=O) groups excluding carboxylic acids is 2. The molecule has 0 radical (unpaired) electrons. The zero-order chi connectivity index (χ0) is 15.7. The highest BCUT2D eigenvalue weighted by Crippen LogP contribution is 2.33. The molecular weight excluding hydrogens is 324 g/mol. The summed E-state index contributed by atoms with van der Waals surface area (Å²) in [4.78, 5) is 34.9. The minimum absolute atomic E-state index is 0.0418. The predicted octanol–water partition coefficient (Wildman–Crippen LogP) is 3.65. The lowest BCUT2D eigenvalue weighted by atomic mass is 10.2. The van der Waals surface area contributed by atoms with E-state index in [0.29, 0.717) is 4.91 Å². The summed E-state index contributed by atoms with van der Waals surface area (Å²) >= 11 is 2.31. The average Bonchev–Trinajstić information content (AvgIpc) is 3.06. The van der Waals surface area contributed by atoms with Gasteiger partial charge in [0.1, 0.15) is 0 Å². The van der Waals surface area contributed by atoms with Crippen LogP contribution in [0.25, 0.3) is 16.5 Å². The number of imide groups is 1. The van der Waals surface area contributed by atoms with Crippen LogP contribution in [0.15, 0.2) is 41.3 Å². The monoisotopic (exact) mass is 332 g/mol. The lowest BCUT2D eigenvalue weighted by Gasteiger charge is -1.96. The molecule has 6 nitrogen and oxygen atoms in total. The number of nitrogens with zero attached hydrogens (tertiary/aromatic N) is 1. The van der Waals surface area contributed by atoms with E-state index in [0.717, 1.165) is 27.1 Å². The third-order valence-electron chi connectivity index (χ3n) is 2.90. The Kier molecular flexibility index (Phi) is 3.78. The smallest absolute Gasteiger partial charge is 0.282 e. The van der Waals surface area contributed by atoms with E-state index in [2.05, 4.69) is 5.32 Å². The largest absolute Gasteiger partial charge is 0.290 e. The van der Waals surface area contributed by atoms with Crippen LogP contribution in [-0.4, -0.2) is 16.1 Å². The number of non-ortho nitro benzene ring substituents is 1. The van der Waals surface area contributed by atoms with Gasteiger partial charge in [-0.3, -0.25) is 25.0 Å². The van der Waals surface area contributed by atoms with Crippen LogP contribution >= 0.6 is 23.1 Å². The van der Waals surface area contributed by atoms with Crippen molar-refractivity contribution in [3.05, 3.63) is 56.3 Å². The molecule has 1 N–H and O–H groups in total. The van der Waals surface area contributed by atoms with Crippen molar-refractivity contribution in [1.82, 2.24) is 5.32 Å². The fraction of sp³-hybridized carbons (Fsp3) is 0. The van der Waals surface area contributed by atoms with Crippen LogP contribution < -0.4 is 5.32 Å². The molecule has 2 aromatic rings. The van der Waals surface area contributed by atoms with Gasteiger partial charge in [0, 0.05) is 21.9 Å². The molecule has 1 aliphatic rings. The van der Waals surface area contributed by atoms with Gasteiger partial charge in [-0.2, -0.15) is 0 Å². The summed E-state index contributed by atoms with van der Waals surface area (Å²) in [5.41, 5.74) is 0.903. The van der Waals surface area contributed by atoms with Crippen molar-refractivity contribution in [2.75, 3.05) is 0 Å². The molecule has 2 amide bonds. The van der Waals surface area contributed by atoms with E-state index in [1.165, 1.54) is 23.5 Å². The number of rotatable bonds is 3. The van der Waals surface area contributed by atoms with E-state index in [4.69, 9.17) is 0 Å². The second kappa shape index (κ2) is 5.74. The molecule has 1 saturated heterocycles. The van der Waals surface area contributed by atoms with Gasteiger partial charge in [-0.15, -0.1) is 11.3 Å². The average molecular weight is 332 g/mol. The zero-order valence-corrected chi connectivity index (χ0v) is 12.6. The summed E-state index contributed by atoms with van der Waals surface area (Å²) in [6.45, 7) is 0. The Morgan fingerprint density at radius 1 is 1.09 bits per heavy atom. The Balaban J connectivity index is 1.85. The SMILES string of the molecule is O=C1NC(=O)C(=Cc2ccc(-c3ccc([N+](=O)[O-])cc3)s2)S1. The van der Waals surface area contributed by atoms with Gasteiger partial charge >= 0.3 is 0 Å². The summed E-state index contributed by atoms with van der Waals surface area (Å²) in [5.74, 6) is -0.389. The summed E-state index contributed by atoms with van der Waals surface area (Å²) in [6, 6.07) is 9.98. The van der Waals surface area contributed by atoms with Crippen molar-refractivity contribution in [1.29, 1.82) is 0 Å². The molecule has 0 unspecified atom stereocenters. The van der Waals surface area contributed by atoms with Gasteiger partial charge in [-0.25, -0.2) is 0 Å². The van der Waals surface area contributed by atoms with Crippen LogP contribution in [0.3, 0.4) is 0 Å². The Morgan fingerprint density at radius 3 is 2.41 bits per heavy atom. The number of benzene rings is 1. The molecule has 0 atom stereocenters. The van der Waals surface area contributed by atoms with Crippen LogP contribution in [0.5, 0.6) is 0 Å². The maximum Gasteiger partial charge on any atom is 0.290 e. The number of hydrogen-bond acceptors (Lipinski definition) is 6. The second-order valence-corrected chi connectivity index (χ2v) is 6.49. The molecule has 22 heavy (non-hydrogen) atoms. The number of amides is 2. The van der Waals surface area contributed by atoms with Gasteiger partial charge in [-0.1, -0.05) is 0 Å². The van der Waals surface area contributed by atoms with Gasteiger partial charge in [0.2, 0.25) is 0 Å². The number of carbonyl (C=O) groups is 2. The highest BCUT2D eigenvalue weighted by molar-refractivity contribution is 8.18. The molecule has 8 heteroatoms. The molecule has 0 aliphatic carbocycles. The lowest BCUT2D eigenvalue weighted by molar-refractivity contribution is -0.384. The van der Waals surface area contributed by atoms with E-state index in [9.17, 15) is 19.7 Å². The molecule has 0 saturated carbocycles. The van der Waals surface area contributed by atoms with E-state index in [-0.39, 0.29) is 16.8 Å². The van der Waals surface area contributed by atoms with Gasteiger partial charge in [0.15, 0.2) is 0 Å². The number of hydrogen-bond donors (Lipinski definition) is 1. The molecule has 1 aromatic carbocycles. The summed E-state index contributed by atoms with van der Waals surface area (Å²) in [6.07, 6.45) is 1.66. The van der Waals surface area contributed by atoms with E-state index < -0.39 is 4.92 Å². The van der Waals surface area contributed by atoms with Crippen molar-refractivity contribution < 1.29 is 14.5 Å². The first kappa shape index (κ1) is 14.5. The van der Waals surface area contributed by atoms with Crippen molar-refractivity contribution >= 4 is 46.0 Å². The number of thiophene rings is 1. The number of nitro benzene ring substituents is 1. The Hall–Kier alpha value is -2.45. The van der Waals surface area contributed by atoms with Crippen molar-refractivity contribution in [3.63, 3.8) is 0 Å². The molecule has 1 aromatic heterocycles. The van der Waals surface area contributed by atoms with Crippen LogP contribution in [0.1, 0.15) is 4.88 Å². The first-order valence-corrected chi connectivity index (χ1v) is 7.76. The standard InChI is InChI=1S/C14H8N2O4S2/c17-13-12(22-14(18)15-13)7-10-5-6-11(21-10)8-1-3-9(4-2-8)16(19)20/h1-7H,(H,15,17,18). The molecular formula is C14H8N2O4S2. The number of nitro groups is 1. The maximum absolute atomic E-state index is 11.5. The Labute approximate surface area is 133 Å². The molecule has 1 fully saturated rings. The molecule has 3 rings (SSSR count). The first-order valence-electron chi connectivity index (χ1n) is 6.12. The minimum atomic E-state index is -0.443. The highest BCUT2D eigenvalue weighted by Gasteiger charge is 2.25. The summed E-state index contributed by atoms with van der Waals surface area (Å²) in [5, 5.41) is 12.5. The third-order valence-corrected chi connectivity index (χ3v) is 4.80. The Bertz CT molecular complexity index is 809. The minimum Gasteiger partial charge on any atom is -0.282 e. The fourth-order valence-electron chi connectivity index (χ4n) is 1.88. The molecule has 1 aliphatic heterocycles. The van der Waals surface area contributed by atoms with Gasteiger partial charge < -0.3 is 0 Å². The summed E-state index contributed by atoms with van der Waals surface area (Å²) in [7, 11) is 0. The number of thioether (sulfide) groups is 1. The van der Waals surface area contributed by atoms with Crippen LogP contribution in [0.4, 0.5) is 10.5 Å². The molecule has 110 valence electrons. The second-order valence-electron chi connectivity index (χ2n) is 4.36. The van der Waals surface area contributed by atoms with Gasteiger partial charge in [0.25, 0.3) is 16.8 Å². The number of nitrogens with one attached hydrogen (secondary N) is 1. The van der Waals surface area contributed by atoms with Crippen molar-refractivity contribution in [2.45, 2.75) is 0 Å². The van der Waals surface area contributed by atoms with E-state index in [1.54, 1.807) is 18.2 Å². The highest BCUT2D eigenvalue weighted by atomic mass is 32.2. The van der Waals surface area contributed by atoms with Crippen LogP contribution in [0.2, 0.25) is 0 Å². The normalized spacial score (nSPS) is 16.1. The Morgan fingerprint density at radius 2 is 1.82 bits per heavy atom. The quantitative estimate of drug-likeness (QED) is 0.526. The maximum atomic E-state index is 11.5. The lowest BCUT2D eigenvalue weighted by Crippen LogP contribution is -2.17. The molecule has 0 bridgehead atoms. The predicted molar refractivity (Wildman–Crippen MR) is 85.5 cm³/mol. The van der Waals surface area contributed by atoms with Gasteiger partial charge in [0.05, 0.1) is 9.83 Å². The van der Waals surface area contributed by atoms with Gasteiger partial charge in [-0.05, 0) is 47.7 Å². The van der Waals surface area contributed by atoms with Crippen LogP contribution in [0, 0.1) is 10.1 Å². The topological polar surface area (TPSA) is 89.3 Å². The molecule has 0 spiro atoms. The van der Waals surface area contributed by atoms with E-state index in [1.807, 2.05) is 12.1 Å². The van der Waals surface area contributed by atoms with Crippen molar-refractivity contribution in [2.24, 2.45) is 0 Å². The zero-order valence-electron chi connectivity index (χ0n) is 10.9.